The van der Waals surface area contributed by atoms with Gasteiger partial charge >= 0.3 is 11.9 Å². The van der Waals surface area contributed by atoms with Crippen molar-refractivity contribution in [3.63, 3.8) is 0 Å². The van der Waals surface area contributed by atoms with E-state index in [2.05, 4.69) is 10.6 Å². The summed E-state index contributed by atoms with van der Waals surface area (Å²) in [6.07, 6.45) is 2.80. The van der Waals surface area contributed by atoms with Crippen molar-refractivity contribution < 1.29 is 37.8 Å². The number of hydrogen-bond acceptors (Lipinski definition) is 7. The van der Waals surface area contributed by atoms with E-state index in [1.54, 1.807) is 30.3 Å². The molecule has 3 heterocycles. The van der Waals surface area contributed by atoms with E-state index in [1.165, 1.54) is 19.6 Å². The number of aryl methyl sites for hydroxylation is 2. The highest BCUT2D eigenvalue weighted by Gasteiger charge is 2.29. The Morgan fingerprint density at radius 3 is 2.56 bits per heavy atom. The quantitative estimate of drug-likeness (QED) is 0.243. The largest absolute Gasteiger partial charge is 0.493 e. The first kappa shape index (κ1) is 21.9. The molecule has 0 amide bonds. The van der Waals surface area contributed by atoms with Crippen LogP contribution in [0.4, 0.5) is 0 Å². The minimum atomic E-state index is -0.654. The molecule has 0 spiro atoms. The van der Waals surface area contributed by atoms with E-state index >= 15 is 0 Å². The van der Waals surface area contributed by atoms with Gasteiger partial charge in [0.1, 0.15) is 11.3 Å². The van der Waals surface area contributed by atoms with Crippen molar-refractivity contribution in [2.24, 2.45) is 0 Å². The van der Waals surface area contributed by atoms with Gasteiger partial charge in [-0.25, -0.2) is 4.79 Å². The average Bonchev–Trinajstić information content (AvgIpc) is 3.34. The third kappa shape index (κ3) is 3.67. The van der Waals surface area contributed by atoms with E-state index in [0.29, 0.717) is 11.5 Å². The van der Waals surface area contributed by atoms with Gasteiger partial charge in [-0.15, -0.1) is 0 Å². The zero-order valence-corrected chi connectivity index (χ0v) is 19.7. The van der Waals surface area contributed by atoms with E-state index in [4.69, 9.17) is 23.7 Å². The number of para-hydroxylation sites is 1. The van der Waals surface area contributed by atoms with Crippen molar-refractivity contribution in [1.29, 1.82) is 0 Å². The van der Waals surface area contributed by atoms with Gasteiger partial charge in [-0.1, -0.05) is 12.1 Å². The Labute approximate surface area is 206 Å². The number of carbonyl (C=O) groups is 2. The molecule has 1 aromatic heterocycles. The zero-order valence-electron chi connectivity index (χ0n) is 19.7. The number of carbonyl (C=O) groups excluding carboxylic acids is 2. The second-order valence-corrected chi connectivity index (χ2v) is 8.54. The lowest BCUT2D eigenvalue weighted by Gasteiger charge is -2.17. The van der Waals surface area contributed by atoms with E-state index < -0.39 is 11.9 Å². The average molecular weight is 484 g/mol. The fourth-order valence-electron chi connectivity index (χ4n) is 4.69. The number of ether oxygens (including phenoxy) is 5. The summed E-state index contributed by atoms with van der Waals surface area (Å²) in [5.41, 5.74) is 3.45. The van der Waals surface area contributed by atoms with Gasteiger partial charge in [-0.2, -0.15) is 4.57 Å². The maximum atomic E-state index is 13.2. The number of esters is 2. The van der Waals surface area contributed by atoms with Gasteiger partial charge in [0.05, 0.1) is 18.1 Å². The maximum absolute atomic E-state index is 13.2. The topological polar surface area (TPSA) is 84.2 Å². The van der Waals surface area contributed by atoms with Crippen LogP contribution < -0.4 is 28.3 Å². The summed E-state index contributed by atoms with van der Waals surface area (Å²) in [5.74, 6) is 1.18. The highest BCUT2D eigenvalue weighted by atomic mass is 16.7. The Balaban J connectivity index is 1.44. The highest BCUT2D eigenvalue weighted by Crippen LogP contribution is 2.42. The zero-order chi connectivity index (χ0) is 24.8. The van der Waals surface area contributed by atoms with Crippen LogP contribution in [0.25, 0.3) is 22.0 Å². The molecule has 3 aromatic carbocycles. The molecule has 0 radical (unpaired) electrons. The van der Waals surface area contributed by atoms with Gasteiger partial charge in [0.2, 0.25) is 12.5 Å². The first-order chi connectivity index (χ1) is 17.5. The molecule has 6 rings (SSSR count). The van der Waals surface area contributed by atoms with E-state index in [9.17, 15) is 9.59 Å². The van der Waals surface area contributed by atoms with E-state index in [0.717, 1.165) is 46.5 Å². The van der Waals surface area contributed by atoms with Crippen LogP contribution in [-0.4, -0.2) is 25.8 Å². The number of hydrogen-bond donors (Lipinski definition) is 0. The summed E-state index contributed by atoms with van der Waals surface area (Å²) in [6, 6.07) is 16.3. The second-order valence-electron chi connectivity index (χ2n) is 8.54. The number of aromatic nitrogens is 1. The molecule has 4 aromatic rings. The summed E-state index contributed by atoms with van der Waals surface area (Å²) < 4.78 is 29.9. The summed E-state index contributed by atoms with van der Waals surface area (Å²) in [7, 11) is 1.52. The second kappa shape index (κ2) is 8.57. The van der Waals surface area contributed by atoms with Gasteiger partial charge in [0, 0.05) is 19.4 Å². The molecule has 0 saturated carbocycles. The number of nitrogens with zero attached hydrogens (tertiary/aromatic N) is 1. The predicted octanol–water partition coefficient (Wildman–Crippen LogP) is 4.23. The van der Waals surface area contributed by atoms with Gasteiger partial charge in [-0.05, 0) is 47.3 Å². The van der Waals surface area contributed by atoms with Crippen molar-refractivity contribution in [2.75, 3.05) is 13.9 Å². The normalized spacial score (nSPS) is 13.1. The van der Waals surface area contributed by atoms with Crippen LogP contribution in [-0.2, 0) is 17.8 Å². The van der Waals surface area contributed by atoms with Crippen molar-refractivity contribution in [3.8, 4) is 40.0 Å². The molecule has 0 aliphatic carbocycles. The van der Waals surface area contributed by atoms with Crippen LogP contribution in [0.3, 0.4) is 0 Å². The number of pyridine rings is 1. The van der Waals surface area contributed by atoms with Crippen molar-refractivity contribution in [2.45, 2.75) is 19.9 Å². The third-order valence-electron chi connectivity index (χ3n) is 6.35. The molecule has 0 saturated heterocycles. The molecule has 180 valence electrons. The summed E-state index contributed by atoms with van der Waals surface area (Å²) in [6.45, 7) is 2.25. The standard InChI is InChI=1S/C28H22NO7/c1-16(30)35-23-6-4-3-5-19(23)28(31)36-27-21-14-29-10-9-18-12-25-26(34-15-33-25)13-20(18)22(29)11-17(21)7-8-24(27)32-2/h3-8,11-14H,9-10,15H2,1-2H3/q+1. The van der Waals surface area contributed by atoms with Crippen molar-refractivity contribution >= 4 is 22.7 Å². The Bertz CT molecular complexity index is 1560. The van der Waals surface area contributed by atoms with Crippen molar-refractivity contribution in [3.05, 3.63) is 71.9 Å². The molecule has 0 unspecified atom stereocenters. The Morgan fingerprint density at radius 2 is 1.75 bits per heavy atom. The summed E-state index contributed by atoms with van der Waals surface area (Å²) in [5, 5.41) is 1.60. The molecular weight excluding hydrogens is 462 g/mol. The smallest absolute Gasteiger partial charge is 0.347 e. The van der Waals surface area contributed by atoms with Crippen LogP contribution in [0, 0.1) is 0 Å². The molecule has 0 N–H and O–H groups in total. The Hall–Kier alpha value is -4.59. The Morgan fingerprint density at radius 1 is 0.944 bits per heavy atom. The number of rotatable bonds is 4. The van der Waals surface area contributed by atoms with Gasteiger partial charge < -0.3 is 23.7 Å². The van der Waals surface area contributed by atoms with Gasteiger partial charge in [0.15, 0.2) is 35.7 Å². The summed E-state index contributed by atoms with van der Waals surface area (Å²) >= 11 is 0. The van der Waals surface area contributed by atoms with Crippen molar-refractivity contribution in [1.82, 2.24) is 0 Å². The number of benzene rings is 3. The first-order valence-corrected chi connectivity index (χ1v) is 11.5. The molecule has 0 bridgehead atoms. The molecule has 8 nitrogen and oxygen atoms in total. The molecular formula is C28H22NO7+. The third-order valence-corrected chi connectivity index (χ3v) is 6.35. The van der Waals surface area contributed by atoms with E-state index in [1.807, 2.05) is 24.4 Å². The lowest BCUT2D eigenvalue weighted by molar-refractivity contribution is -0.686. The fourth-order valence-corrected chi connectivity index (χ4v) is 4.69. The molecule has 36 heavy (non-hydrogen) atoms. The van der Waals surface area contributed by atoms with Gasteiger partial charge in [-0.3, -0.25) is 4.79 Å². The SMILES string of the molecule is COc1ccc2cc3[n+](cc2c1OC(=O)c1ccccc1OC(C)=O)CCc1cc2c(cc1-3)OCO2. The lowest BCUT2D eigenvalue weighted by atomic mass is 9.95. The van der Waals surface area contributed by atoms with Gasteiger partial charge in [0.25, 0.3) is 0 Å². The van der Waals surface area contributed by atoms with Crippen LogP contribution in [0.2, 0.25) is 0 Å². The number of fused-ring (bicyclic) bond motifs is 5. The monoisotopic (exact) mass is 484 g/mol. The van der Waals surface area contributed by atoms with Crippen LogP contribution in [0.15, 0.2) is 60.8 Å². The minimum Gasteiger partial charge on any atom is -0.493 e. The minimum absolute atomic E-state index is 0.135. The molecule has 8 heteroatoms. The van der Waals surface area contributed by atoms with Crippen LogP contribution in [0.5, 0.6) is 28.7 Å². The van der Waals surface area contributed by atoms with Crippen LogP contribution >= 0.6 is 0 Å². The molecule has 2 aliphatic heterocycles. The number of methoxy groups -OCH3 is 1. The highest BCUT2D eigenvalue weighted by molar-refractivity contribution is 5.99. The molecule has 2 aliphatic rings. The lowest BCUT2D eigenvalue weighted by Crippen LogP contribution is -2.40. The Kier molecular flexibility index (Phi) is 5.21. The predicted molar refractivity (Wildman–Crippen MR) is 129 cm³/mol. The first-order valence-electron chi connectivity index (χ1n) is 11.5. The fraction of sp³-hybridized carbons (Fsp3) is 0.179. The maximum Gasteiger partial charge on any atom is 0.347 e. The summed E-state index contributed by atoms with van der Waals surface area (Å²) in [4.78, 5) is 24.7. The molecule has 0 fully saturated rings. The van der Waals surface area contributed by atoms with Crippen LogP contribution in [0.1, 0.15) is 22.8 Å². The molecule has 0 atom stereocenters. The van der Waals surface area contributed by atoms with E-state index in [-0.39, 0.29) is 18.1 Å².